The van der Waals surface area contributed by atoms with Gasteiger partial charge in [0.1, 0.15) is 0 Å². The van der Waals surface area contributed by atoms with Crippen molar-refractivity contribution < 1.29 is 18.0 Å². The van der Waals surface area contributed by atoms with Gasteiger partial charge < -0.3 is 10.6 Å². The number of aryl methyl sites for hydroxylation is 1. The molecule has 0 bridgehead atoms. The van der Waals surface area contributed by atoms with Gasteiger partial charge in [0.2, 0.25) is 5.91 Å². The van der Waals surface area contributed by atoms with E-state index in [1.165, 1.54) is 12.1 Å². The monoisotopic (exact) mass is 388 g/mol. The maximum atomic E-state index is 12.8. The fraction of sp³-hybridized carbons (Fsp3) is 0.200. The van der Waals surface area contributed by atoms with Crippen LogP contribution in [-0.4, -0.2) is 22.2 Å². The van der Waals surface area contributed by atoms with Crippen molar-refractivity contribution in [1.29, 1.82) is 0 Å². The number of anilines is 2. The molecule has 0 saturated carbocycles. The molecule has 0 aliphatic rings. The number of carbonyl (C=O) groups excluding carboxylic acids is 1. The topological polar surface area (TPSA) is 59.0 Å². The molecule has 0 unspecified atom stereocenters. The third-order valence-corrected chi connectivity index (χ3v) is 4.20. The number of nitrogens with zero attached hydrogens (tertiary/aromatic N) is 2. The number of aromatic nitrogens is 2. The minimum Gasteiger partial charge on any atom is -0.376 e. The van der Waals surface area contributed by atoms with Crippen LogP contribution in [0.1, 0.15) is 17.0 Å². The van der Waals surface area contributed by atoms with E-state index < -0.39 is 11.7 Å². The molecular weight excluding hydrogens is 369 g/mol. The lowest BCUT2D eigenvalue weighted by Gasteiger charge is -2.11. The Morgan fingerprint density at radius 2 is 1.79 bits per heavy atom. The van der Waals surface area contributed by atoms with Gasteiger partial charge in [0.15, 0.2) is 0 Å². The highest BCUT2D eigenvalue weighted by atomic mass is 19.4. The number of benzene rings is 2. The van der Waals surface area contributed by atoms with Crippen LogP contribution < -0.4 is 10.6 Å². The first kappa shape index (κ1) is 19.5. The summed E-state index contributed by atoms with van der Waals surface area (Å²) in [6.45, 7) is 3.45. The zero-order valence-corrected chi connectivity index (χ0v) is 15.3. The van der Waals surface area contributed by atoms with Crippen molar-refractivity contribution in [3.05, 3.63) is 71.5 Å². The van der Waals surface area contributed by atoms with Gasteiger partial charge in [-0.2, -0.15) is 18.3 Å². The number of hydrogen-bond donors (Lipinski definition) is 2. The molecule has 0 aliphatic heterocycles. The van der Waals surface area contributed by atoms with E-state index in [0.29, 0.717) is 11.4 Å². The Hall–Kier alpha value is -3.29. The van der Waals surface area contributed by atoms with Crippen LogP contribution in [0.25, 0.3) is 5.69 Å². The number of amides is 1. The normalized spacial score (nSPS) is 11.3. The molecule has 1 amide bonds. The number of para-hydroxylation sites is 1. The van der Waals surface area contributed by atoms with Gasteiger partial charge in [-0.25, -0.2) is 4.68 Å². The molecule has 2 N–H and O–H groups in total. The Labute approximate surface area is 160 Å². The summed E-state index contributed by atoms with van der Waals surface area (Å²) >= 11 is 0. The maximum absolute atomic E-state index is 12.8. The Kier molecular flexibility index (Phi) is 5.39. The minimum atomic E-state index is -4.43. The molecule has 0 spiro atoms. The van der Waals surface area contributed by atoms with E-state index in [-0.39, 0.29) is 18.1 Å². The lowest BCUT2D eigenvalue weighted by atomic mass is 10.2. The minimum absolute atomic E-state index is 0.170. The Bertz CT molecular complexity index is 981. The summed E-state index contributed by atoms with van der Waals surface area (Å²) in [6.07, 6.45) is -4.43. The van der Waals surface area contributed by atoms with Gasteiger partial charge in [-0.15, -0.1) is 0 Å². The zero-order valence-electron chi connectivity index (χ0n) is 15.3. The average Bonchev–Trinajstić information content (AvgIpc) is 2.95. The molecule has 8 heteroatoms. The largest absolute Gasteiger partial charge is 0.416 e. The SMILES string of the molecule is Cc1nn(-c2ccccc2)c(C)c1NC(=O)CNc1cccc(C(F)(F)F)c1. The number of nitrogens with one attached hydrogen (secondary N) is 2. The van der Waals surface area contributed by atoms with Gasteiger partial charge in [-0.3, -0.25) is 4.79 Å². The van der Waals surface area contributed by atoms with Crippen molar-refractivity contribution >= 4 is 17.3 Å². The molecule has 0 radical (unpaired) electrons. The second-order valence-corrected chi connectivity index (χ2v) is 6.27. The van der Waals surface area contributed by atoms with E-state index in [2.05, 4.69) is 15.7 Å². The van der Waals surface area contributed by atoms with E-state index >= 15 is 0 Å². The van der Waals surface area contributed by atoms with Gasteiger partial charge in [-0.05, 0) is 44.2 Å². The van der Waals surface area contributed by atoms with Gasteiger partial charge in [0, 0.05) is 5.69 Å². The molecule has 28 heavy (non-hydrogen) atoms. The Morgan fingerprint density at radius 3 is 2.46 bits per heavy atom. The van der Waals surface area contributed by atoms with Crippen molar-refractivity contribution in [3.63, 3.8) is 0 Å². The summed E-state index contributed by atoms with van der Waals surface area (Å²) < 4.78 is 40.0. The zero-order chi connectivity index (χ0) is 20.3. The fourth-order valence-electron chi connectivity index (χ4n) is 2.82. The van der Waals surface area contributed by atoms with Crippen LogP contribution in [0.4, 0.5) is 24.5 Å². The summed E-state index contributed by atoms with van der Waals surface area (Å²) in [5.41, 5.74) is 2.31. The Balaban J connectivity index is 1.68. The average molecular weight is 388 g/mol. The summed E-state index contributed by atoms with van der Waals surface area (Å²) in [5.74, 6) is -0.378. The van der Waals surface area contributed by atoms with Crippen molar-refractivity contribution in [2.45, 2.75) is 20.0 Å². The maximum Gasteiger partial charge on any atom is 0.416 e. The summed E-state index contributed by atoms with van der Waals surface area (Å²) in [6, 6.07) is 14.2. The smallest absolute Gasteiger partial charge is 0.376 e. The number of rotatable bonds is 5. The van der Waals surface area contributed by atoms with E-state index in [1.807, 2.05) is 37.3 Å². The Morgan fingerprint density at radius 1 is 1.07 bits per heavy atom. The first-order valence-electron chi connectivity index (χ1n) is 8.58. The molecule has 2 aromatic carbocycles. The van der Waals surface area contributed by atoms with Crippen LogP contribution in [0.5, 0.6) is 0 Å². The highest BCUT2D eigenvalue weighted by Crippen LogP contribution is 2.30. The second kappa shape index (κ2) is 7.75. The second-order valence-electron chi connectivity index (χ2n) is 6.27. The molecule has 3 rings (SSSR count). The van der Waals surface area contributed by atoms with Crippen molar-refractivity contribution in [1.82, 2.24) is 9.78 Å². The molecule has 146 valence electrons. The molecule has 1 heterocycles. The highest BCUT2D eigenvalue weighted by Gasteiger charge is 2.30. The van der Waals surface area contributed by atoms with E-state index in [4.69, 9.17) is 0 Å². The molecule has 0 aliphatic carbocycles. The number of carbonyl (C=O) groups is 1. The van der Waals surface area contributed by atoms with Crippen LogP contribution in [-0.2, 0) is 11.0 Å². The van der Waals surface area contributed by atoms with Gasteiger partial charge in [0.25, 0.3) is 0 Å². The third kappa shape index (κ3) is 4.33. The van der Waals surface area contributed by atoms with E-state index in [9.17, 15) is 18.0 Å². The molecule has 3 aromatic rings. The first-order valence-corrected chi connectivity index (χ1v) is 8.58. The standard InChI is InChI=1S/C20H19F3N4O/c1-13-19(14(2)27(26-13)17-9-4-3-5-10-17)25-18(28)12-24-16-8-6-7-15(11-16)20(21,22)23/h3-11,24H,12H2,1-2H3,(H,25,28). The molecule has 0 saturated heterocycles. The first-order chi connectivity index (χ1) is 13.3. The third-order valence-electron chi connectivity index (χ3n) is 4.20. The van der Waals surface area contributed by atoms with Crippen LogP contribution in [0, 0.1) is 13.8 Å². The van der Waals surface area contributed by atoms with Crippen molar-refractivity contribution in [2.24, 2.45) is 0 Å². The lowest BCUT2D eigenvalue weighted by Crippen LogP contribution is -2.22. The van der Waals surface area contributed by atoms with Gasteiger partial charge >= 0.3 is 6.18 Å². The summed E-state index contributed by atoms with van der Waals surface area (Å²) in [5, 5.41) is 9.94. The molecule has 0 atom stereocenters. The summed E-state index contributed by atoms with van der Waals surface area (Å²) in [7, 11) is 0. The van der Waals surface area contributed by atoms with Crippen LogP contribution in [0.3, 0.4) is 0 Å². The predicted molar refractivity (Wildman–Crippen MR) is 102 cm³/mol. The van der Waals surface area contributed by atoms with Gasteiger partial charge in [-0.1, -0.05) is 24.3 Å². The number of hydrogen-bond acceptors (Lipinski definition) is 3. The van der Waals surface area contributed by atoms with Crippen LogP contribution >= 0.6 is 0 Å². The number of halogens is 3. The highest BCUT2D eigenvalue weighted by molar-refractivity contribution is 5.94. The van der Waals surface area contributed by atoms with E-state index in [0.717, 1.165) is 23.5 Å². The molecule has 5 nitrogen and oxygen atoms in total. The summed E-state index contributed by atoms with van der Waals surface area (Å²) in [4.78, 5) is 12.3. The predicted octanol–water partition coefficient (Wildman–Crippen LogP) is 4.56. The van der Waals surface area contributed by atoms with Crippen LogP contribution in [0.15, 0.2) is 54.6 Å². The molecule has 0 fully saturated rings. The fourth-order valence-corrected chi connectivity index (χ4v) is 2.82. The van der Waals surface area contributed by atoms with Crippen molar-refractivity contribution in [2.75, 3.05) is 17.2 Å². The molecular formula is C20H19F3N4O. The lowest BCUT2D eigenvalue weighted by molar-refractivity contribution is -0.137. The van der Waals surface area contributed by atoms with E-state index in [1.54, 1.807) is 11.6 Å². The van der Waals surface area contributed by atoms with Crippen molar-refractivity contribution in [3.8, 4) is 5.69 Å². The molecule has 1 aromatic heterocycles. The number of alkyl halides is 3. The quantitative estimate of drug-likeness (QED) is 0.674. The van der Waals surface area contributed by atoms with Gasteiger partial charge in [0.05, 0.1) is 34.9 Å². The van der Waals surface area contributed by atoms with Crippen LogP contribution in [0.2, 0.25) is 0 Å².